The van der Waals surface area contributed by atoms with Crippen molar-refractivity contribution in [1.82, 2.24) is 4.98 Å². The average Bonchev–Trinajstić information content (AvgIpc) is 2.95. The number of anilines is 1. The van der Waals surface area contributed by atoms with Crippen molar-refractivity contribution in [2.75, 3.05) is 11.4 Å². The number of nitrogens with zero attached hydrogens (tertiary/aromatic N) is 3. The third-order valence-corrected chi connectivity index (χ3v) is 3.76. The van der Waals surface area contributed by atoms with Gasteiger partial charge in [-0.25, -0.2) is 9.78 Å². The van der Waals surface area contributed by atoms with Gasteiger partial charge in [-0.1, -0.05) is 18.2 Å². The van der Waals surface area contributed by atoms with Gasteiger partial charge in [0.1, 0.15) is 18.1 Å². The number of carbonyl (C=O) groups is 1. The highest BCUT2D eigenvalue weighted by molar-refractivity contribution is 5.99. The maximum atomic E-state index is 11.3. The first kappa shape index (κ1) is 13.3. The maximum absolute atomic E-state index is 11.3. The van der Waals surface area contributed by atoms with Gasteiger partial charge in [0.05, 0.1) is 10.3 Å². The van der Waals surface area contributed by atoms with Crippen molar-refractivity contribution >= 4 is 28.2 Å². The van der Waals surface area contributed by atoms with Gasteiger partial charge in [-0.05, 0) is 18.9 Å². The number of rotatable bonds is 3. The minimum absolute atomic E-state index is 0.0691. The monoisotopic (exact) mass is 287 g/mol. The number of pyridine rings is 1. The van der Waals surface area contributed by atoms with Gasteiger partial charge in [0.2, 0.25) is 0 Å². The summed E-state index contributed by atoms with van der Waals surface area (Å²) in [4.78, 5) is 27.8. The number of hydrogen-bond acceptors (Lipinski definition) is 5. The summed E-state index contributed by atoms with van der Waals surface area (Å²) >= 11 is 0. The van der Waals surface area contributed by atoms with E-state index in [0.717, 1.165) is 6.42 Å². The lowest BCUT2D eigenvalue weighted by Crippen LogP contribution is -2.36. The molecule has 0 radical (unpaired) electrons. The Morgan fingerprint density at radius 2 is 2.10 bits per heavy atom. The van der Waals surface area contributed by atoms with Crippen LogP contribution in [0.3, 0.4) is 0 Å². The van der Waals surface area contributed by atoms with Gasteiger partial charge in [0, 0.05) is 11.9 Å². The Kier molecular flexibility index (Phi) is 3.17. The standard InChI is InChI=1S/C14H13N3O4/c18-14(19)11-6-3-7-16(11)13-10-5-2-1-4-9(10)12(8-15-13)17(20)21/h1-2,4-5,8,11H,3,6-7H2,(H,18,19)/t11-/m1/s1. The zero-order valence-corrected chi connectivity index (χ0v) is 11.1. The van der Waals surface area contributed by atoms with Crippen LogP contribution in [0, 0.1) is 10.1 Å². The van der Waals surface area contributed by atoms with Crippen LogP contribution < -0.4 is 4.90 Å². The lowest BCUT2D eigenvalue weighted by molar-refractivity contribution is -0.383. The van der Waals surface area contributed by atoms with Crippen LogP contribution in [0.25, 0.3) is 10.8 Å². The van der Waals surface area contributed by atoms with Gasteiger partial charge in [0.25, 0.3) is 5.69 Å². The molecule has 0 spiro atoms. The van der Waals surface area contributed by atoms with Crippen LogP contribution >= 0.6 is 0 Å². The molecule has 2 aromatic rings. The molecule has 1 aliphatic heterocycles. The Hall–Kier alpha value is -2.70. The number of carboxylic acids is 1. The fourth-order valence-corrected chi connectivity index (χ4v) is 2.81. The average molecular weight is 287 g/mol. The largest absolute Gasteiger partial charge is 0.480 e. The maximum Gasteiger partial charge on any atom is 0.326 e. The molecule has 1 saturated heterocycles. The van der Waals surface area contributed by atoms with Crippen LogP contribution in [0.4, 0.5) is 11.5 Å². The molecule has 7 nitrogen and oxygen atoms in total. The lowest BCUT2D eigenvalue weighted by atomic mass is 10.1. The van der Waals surface area contributed by atoms with Gasteiger partial charge in [-0.3, -0.25) is 10.1 Å². The molecule has 0 unspecified atom stereocenters. The normalized spacial score (nSPS) is 18.1. The van der Waals surface area contributed by atoms with Gasteiger partial charge >= 0.3 is 5.97 Å². The second-order valence-electron chi connectivity index (χ2n) is 4.96. The minimum atomic E-state index is -0.892. The van der Waals surface area contributed by atoms with Crippen molar-refractivity contribution in [1.29, 1.82) is 0 Å². The predicted octanol–water partition coefficient (Wildman–Crippen LogP) is 2.20. The highest BCUT2D eigenvalue weighted by Crippen LogP contribution is 2.34. The van der Waals surface area contributed by atoms with E-state index in [0.29, 0.717) is 29.6 Å². The lowest BCUT2D eigenvalue weighted by Gasteiger charge is -2.23. The number of carboxylic acid groups (broad SMARTS) is 1. The molecule has 1 atom stereocenters. The van der Waals surface area contributed by atoms with E-state index >= 15 is 0 Å². The highest BCUT2D eigenvalue weighted by Gasteiger charge is 2.33. The molecule has 1 N–H and O–H groups in total. The summed E-state index contributed by atoms with van der Waals surface area (Å²) in [6.45, 7) is 0.589. The van der Waals surface area contributed by atoms with Crippen LogP contribution in [0.5, 0.6) is 0 Å². The third-order valence-electron chi connectivity index (χ3n) is 3.76. The smallest absolute Gasteiger partial charge is 0.326 e. The minimum Gasteiger partial charge on any atom is -0.480 e. The molecule has 0 aliphatic carbocycles. The number of nitro groups is 1. The molecule has 2 heterocycles. The first-order valence-electron chi connectivity index (χ1n) is 6.61. The van der Waals surface area contributed by atoms with Crippen molar-refractivity contribution in [3.05, 3.63) is 40.6 Å². The molecule has 21 heavy (non-hydrogen) atoms. The van der Waals surface area contributed by atoms with Crippen LogP contribution in [-0.4, -0.2) is 33.6 Å². The molecule has 1 aromatic carbocycles. The Balaban J connectivity index is 2.18. The molecule has 1 aliphatic rings. The van der Waals surface area contributed by atoms with E-state index in [-0.39, 0.29) is 5.69 Å². The molecule has 1 aromatic heterocycles. The molecular weight excluding hydrogens is 274 g/mol. The fraction of sp³-hybridized carbons (Fsp3) is 0.286. The number of benzene rings is 1. The molecule has 0 amide bonds. The van der Waals surface area contributed by atoms with Gasteiger partial charge in [0.15, 0.2) is 0 Å². The molecule has 3 rings (SSSR count). The Labute approximate surface area is 120 Å². The van der Waals surface area contributed by atoms with E-state index in [2.05, 4.69) is 4.98 Å². The Morgan fingerprint density at radius 1 is 1.38 bits per heavy atom. The molecule has 7 heteroatoms. The third kappa shape index (κ3) is 2.16. The highest BCUT2D eigenvalue weighted by atomic mass is 16.6. The Bertz CT molecular complexity index is 731. The van der Waals surface area contributed by atoms with Crippen LogP contribution in [0.2, 0.25) is 0 Å². The van der Waals surface area contributed by atoms with Crippen molar-refractivity contribution in [3.63, 3.8) is 0 Å². The van der Waals surface area contributed by atoms with E-state index in [1.807, 2.05) is 0 Å². The molecule has 1 fully saturated rings. The number of hydrogen-bond donors (Lipinski definition) is 1. The fourth-order valence-electron chi connectivity index (χ4n) is 2.81. The topological polar surface area (TPSA) is 96.6 Å². The number of aromatic nitrogens is 1. The van der Waals surface area contributed by atoms with Gasteiger partial charge in [-0.2, -0.15) is 0 Å². The van der Waals surface area contributed by atoms with Gasteiger partial charge < -0.3 is 10.0 Å². The molecule has 0 saturated carbocycles. The second-order valence-corrected chi connectivity index (χ2v) is 4.96. The summed E-state index contributed by atoms with van der Waals surface area (Å²) in [7, 11) is 0. The second kappa shape index (κ2) is 5.01. The van der Waals surface area contributed by atoms with Gasteiger partial charge in [-0.15, -0.1) is 0 Å². The van der Waals surface area contributed by atoms with E-state index in [4.69, 9.17) is 0 Å². The molecule has 0 bridgehead atoms. The van der Waals surface area contributed by atoms with Crippen LogP contribution in [0.1, 0.15) is 12.8 Å². The van der Waals surface area contributed by atoms with E-state index in [1.165, 1.54) is 6.20 Å². The van der Waals surface area contributed by atoms with E-state index in [1.54, 1.807) is 29.2 Å². The van der Waals surface area contributed by atoms with E-state index < -0.39 is 16.9 Å². The first-order chi connectivity index (χ1) is 10.1. The van der Waals surface area contributed by atoms with Crippen molar-refractivity contribution < 1.29 is 14.8 Å². The quantitative estimate of drug-likeness (QED) is 0.686. The summed E-state index contributed by atoms with van der Waals surface area (Å²) in [6.07, 6.45) is 2.53. The van der Waals surface area contributed by atoms with Crippen molar-refractivity contribution in [2.45, 2.75) is 18.9 Å². The van der Waals surface area contributed by atoms with Crippen molar-refractivity contribution in [3.8, 4) is 0 Å². The Morgan fingerprint density at radius 3 is 2.76 bits per heavy atom. The zero-order chi connectivity index (χ0) is 15.0. The predicted molar refractivity (Wildman–Crippen MR) is 76.4 cm³/mol. The molecular formula is C14H13N3O4. The van der Waals surface area contributed by atoms with Crippen molar-refractivity contribution in [2.24, 2.45) is 0 Å². The number of aliphatic carboxylic acids is 1. The summed E-state index contributed by atoms with van der Waals surface area (Å²) in [6, 6.07) is 6.26. The molecule has 108 valence electrons. The van der Waals surface area contributed by atoms with Crippen LogP contribution in [-0.2, 0) is 4.79 Å². The summed E-state index contributed by atoms with van der Waals surface area (Å²) in [5.74, 6) is -0.391. The van der Waals surface area contributed by atoms with Crippen LogP contribution in [0.15, 0.2) is 30.5 Å². The number of fused-ring (bicyclic) bond motifs is 1. The zero-order valence-electron chi connectivity index (χ0n) is 11.1. The summed E-state index contributed by atoms with van der Waals surface area (Å²) in [5.41, 5.74) is -0.0691. The SMILES string of the molecule is O=C(O)[C@H]1CCCN1c1ncc([N+](=O)[O-])c2ccccc12. The first-order valence-corrected chi connectivity index (χ1v) is 6.61. The summed E-state index contributed by atoms with van der Waals surface area (Å²) < 4.78 is 0. The van der Waals surface area contributed by atoms with E-state index in [9.17, 15) is 20.0 Å². The summed E-state index contributed by atoms with van der Waals surface area (Å²) in [5, 5.41) is 21.4.